The van der Waals surface area contributed by atoms with Gasteiger partial charge in [0.25, 0.3) is 0 Å². The molecule has 1 amide bonds. The first-order valence-electron chi connectivity index (χ1n) is 9.01. The van der Waals surface area contributed by atoms with E-state index < -0.39 is 0 Å². The van der Waals surface area contributed by atoms with Crippen LogP contribution in [0.25, 0.3) is 17.1 Å². The normalized spacial score (nSPS) is 10.8. The van der Waals surface area contributed by atoms with E-state index >= 15 is 0 Å². The third-order valence-corrected chi connectivity index (χ3v) is 5.84. The Morgan fingerprint density at radius 1 is 1.06 bits per heavy atom. The van der Waals surface area contributed by atoms with E-state index in [0.717, 1.165) is 5.56 Å². The summed E-state index contributed by atoms with van der Waals surface area (Å²) in [5.41, 5.74) is 1.96. The maximum absolute atomic E-state index is 13.0. The van der Waals surface area contributed by atoms with Crippen molar-refractivity contribution in [1.29, 1.82) is 0 Å². The fourth-order valence-electron chi connectivity index (χ4n) is 2.76. The van der Waals surface area contributed by atoms with Gasteiger partial charge in [0.15, 0.2) is 11.0 Å². The summed E-state index contributed by atoms with van der Waals surface area (Å²) >= 11 is 13.5. The van der Waals surface area contributed by atoms with E-state index in [-0.39, 0.29) is 17.5 Å². The predicted molar refractivity (Wildman–Crippen MR) is 120 cm³/mol. The molecule has 0 radical (unpaired) electrons. The van der Waals surface area contributed by atoms with Crippen LogP contribution in [0.5, 0.6) is 0 Å². The Balaban J connectivity index is 1.61. The van der Waals surface area contributed by atoms with E-state index in [1.54, 1.807) is 41.2 Å². The SMILES string of the molecule is O=C(CSc1nnc(-c2cccnc2)n1-c1ccc(Cl)c(Cl)c1)Nc1ccc(F)cc1. The lowest BCUT2D eigenvalue weighted by Crippen LogP contribution is -2.14. The molecule has 2 aromatic carbocycles. The molecule has 6 nitrogen and oxygen atoms in total. The monoisotopic (exact) mass is 473 g/mol. The first-order chi connectivity index (χ1) is 15.0. The molecule has 2 heterocycles. The zero-order valence-corrected chi connectivity index (χ0v) is 18.1. The van der Waals surface area contributed by atoms with E-state index in [1.807, 2.05) is 6.07 Å². The van der Waals surface area contributed by atoms with Crippen LogP contribution in [0.15, 0.2) is 72.1 Å². The number of benzene rings is 2. The van der Waals surface area contributed by atoms with Crippen LogP contribution in [0.4, 0.5) is 10.1 Å². The number of rotatable bonds is 6. The molecule has 156 valence electrons. The largest absolute Gasteiger partial charge is 0.325 e. The minimum Gasteiger partial charge on any atom is -0.325 e. The average molecular weight is 474 g/mol. The number of carbonyl (C=O) groups excluding carboxylic acids is 1. The van der Waals surface area contributed by atoms with Gasteiger partial charge in [-0.25, -0.2) is 4.39 Å². The molecule has 4 rings (SSSR count). The number of amides is 1. The number of anilines is 1. The van der Waals surface area contributed by atoms with Gasteiger partial charge < -0.3 is 5.32 Å². The maximum atomic E-state index is 13.0. The number of carbonyl (C=O) groups is 1. The van der Waals surface area contributed by atoms with Crippen LogP contribution >= 0.6 is 35.0 Å². The molecule has 0 aliphatic rings. The van der Waals surface area contributed by atoms with Crippen LogP contribution < -0.4 is 5.32 Å². The number of pyridine rings is 1. The van der Waals surface area contributed by atoms with Gasteiger partial charge in [-0.15, -0.1) is 10.2 Å². The van der Waals surface area contributed by atoms with E-state index in [1.165, 1.54) is 36.0 Å². The summed E-state index contributed by atoms with van der Waals surface area (Å²) in [6.07, 6.45) is 3.34. The lowest BCUT2D eigenvalue weighted by atomic mass is 10.2. The number of thioether (sulfide) groups is 1. The number of aromatic nitrogens is 4. The smallest absolute Gasteiger partial charge is 0.234 e. The number of halogens is 3. The van der Waals surface area contributed by atoms with Crippen molar-refractivity contribution in [3.05, 3.63) is 82.9 Å². The Morgan fingerprint density at radius 2 is 1.87 bits per heavy atom. The first kappa shape index (κ1) is 21.3. The number of nitrogens with one attached hydrogen (secondary N) is 1. The molecule has 31 heavy (non-hydrogen) atoms. The Labute approximate surface area is 191 Å². The van der Waals surface area contributed by atoms with Crippen LogP contribution in [0.3, 0.4) is 0 Å². The number of nitrogens with zero attached hydrogens (tertiary/aromatic N) is 4. The summed E-state index contributed by atoms with van der Waals surface area (Å²) in [5.74, 6) is -0.00895. The molecule has 0 aliphatic heterocycles. The summed E-state index contributed by atoms with van der Waals surface area (Å²) in [6, 6.07) is 14.4. The van der Waals surface area contributed by atoms with Crippen molar-refractivity contribution in [1.82, 2.24) is 19.7 Å². The molecule has 1 N–H and O–H groups in total. The van der Waals surface area contributed by atoms with Gasteiger partial charge in [-0.2, -0.15) is 0 Å². The average Bonchev–Trinajstić information content (AvgIpc) is 3.20. The zero-order chi connectivity index (χ0) is 21.8. The summed E-state index contributed by atoms with van der Waals surface area (Å²) < 4.78 is 14.8. The molecule has 2 aromatic heterocycles. The molecule has 0 fully saturated rings. The van der Waals surface area contributed by atoms with Crippen molar-refractivity contribution in [3.63, 3.8) is 0 Å². The summed E-state index contributed by atoms with van der Waals surface area (Å²) in [5, 5.41) is 12.6. The highest BCUT2D eigenvalue weighted by molar-refractivity contribution is 7.99. The molecule has 0 bridgehead atoms. The van der Waals surface area contributed by atoms with Gasteiger partial charge in [0.05, 0.1) is 21.5 Å². The molecule has 4 aromatic rings. The molecule has 0 aliphatic carbocycles. The van der Waals surface area contributed by atoms with Crippen LogP contribution in [-0.2, 0) is 4.79 Å². The minimum absolute atomic E-state index is 0.0733. The molecule has 0 saturated carbocycles. The fourth-order valence-corrected chi connectivity index (χ4v) is 3.81. The number of hydrogen-bond donors (Lipinski definition) is 1. The van der Waals surface area contributed by atoms with Crippen molar-refractivity contribution < 1.29 is 9.18 Å². The van der Waals surface area contributed by atoms with Gasteiger partial charge in [-0.3, -0.25) is 14.3 Å². The van der Waals surface area contributed by atoms with E-state index in [4.69, 9.17) is 23.2 Å². The Morgan fingerprint density at radius 3 is 2.58 bits per heavy atom. The van der Waals surface area contributed by atoms with Gasteiger partial charge in [0, 0.05) is 23.6 Å². The first-order valence-corrected chi connectivity index (χ1v) is 10.7. The molecular weight excluding hydrogens is 460 g/mol. The second-order valence-electron chi connectivity index (χ2n) is 6.33. The van der Waals surface area contributed by atoms with Crippen molar-refractivity contribution >= 4 is 46.6 Å². The van der Waals surface area contributed by atoms with E-state index in [0.29, 0.717) is 32.4 Å². The highest BCUT2D eigenvalue weighted by Crippen LogP contribution is 2.31. The summed E-state index contributed by atoms with van der Waals surface area (Å²) in [4.78, 5) is 16.5. The second-order valence-corrected chi connectivity index (χ2v) is 8.08. The second kappa shape index (κ2) is 9.47. The van der Waals surface area contributed by atoms with Gasteiger partial charge in [0.2, 0.25) is 5.91 Å². The van der Waals surface area contributed by atoms with Crippen molar-refractivity contribution in [2.75, 3.05) is 11.1 Å². The predicted octanol–water partition coefficient (Wildman–Crippen LogP) is 5.51. The van der Waals surface area contributed by atoms with Gasteiger partial charge in [-0.05, 0) is 54.6 Å². The zero-order valence-electron chi connectivity index (χ0n) is 15.8. The molecule has 0 unspecified atom stereocenters. The molecule has 10 heteroatoms. The highest BCUT2D eigenvalue weighted by atomic mass is 35.5. The topological polar surface area (TPSA) is 72.7 Å². The standard InChI is InChI=1S/C21H14Cl2FN5OS/c22-17-8-7-16(10-18(17)23)29-20(13-2-1-9-25-11-13)27-28-21(29)31-12-19(30)26-15-5-3-14(24)4-6-15/h1-11H,12H2,(H,26,30). The number of hydrogen-bond acceptors (Lipinski definition) is 5. The quantitative estimate of drug-likeness (QED) is 0.374. The van der Waals surface area contributed by atoms with Crippen molar-refractivity contribution in [2.45, 2.75) is 5.16 Å². The van der Waals surface area contributed by atoms with Gasteiger partial charge in [-0.1, -0.05) is 35.0 Å². The van der Waals surface area contributed by atoms with Crippen LogP contribution in [0.2, 0.25) is 10.0 Å². The van der Waals surface area contributed by atoms with E-state index in [9.17, 15) is 9.18 Å². The lowest BCUT2D eigenvalue weighted by molar-refractivity contribution is -0.113. The highest BCUT2D eigenvalue weighted by Gasteiger charge is 2.18. The van der Waals surface area contributed by atoms with Crippen molar-refractivity contribution in [3.8, 4) is 17.1 Å². The Kier molecular flexibility index (Phi) is 6.50. The van der Waals surface area contributed by atoms with Gasteiger partial charge in [0.1, 0.15) is 5.82 Å². The Hall–Kier alpha value is -2.94. The van der Waals surface area contributed by atoms with Crippen LogP contribution in [0.1, 0.15) is 0 Å². The summed E-state index contributed by atoms with van der Waals surface area (Å²) in [7, 11) is 0. The molecule has 0 spiro atoms. The third kappa shape index (κ3) is 5.04. The van der Waals surface area contributed by atoms with Crippen LogP contribution in [-0.4, -0.2) is 31.4 Å². The van der Waals surface area contributed by atoms with E-state index in [2.05, 4.69) is 20.5 Å². The lowest BCUT2D eigenvalue weighted by Gasteiger charge is -2.11. The third-order valence-electron chi connectivity index (χ3n) is 4.17. The Bertz CT molecular complexity index is 1220. The van der Waals surface area contributed by atoms with Crippen LogP contribution in [0, 0.1) is 5.82 Å². The minimum atomic E-state index is -0.370. The molecule has 0 atom stereocenters. The summed E-state index contributed by atoms with van der Waals surface area (Å²) in [6.45, 7) is 0. The fraction of sp³-hybridized carbons (Fsp3) is 0.0476. The molecule has 0 saturated heterocycles. The maximum Gasteiger partial charge on any atom is 0.234 e. The van der Waals surface area contributed by atoms with Gasteiger partial charge >= 0.3 is 0 Å². The van der Waals surface area contributed by atoms with Crippen molar-refractivity contribution in [2.24, 2.45) is 0 Å². The molecular formula is C21H14Cl2FN5OS.